The maximum atomic E-state index is 11.9. The van der Waals surface area contributed by atoms with Gasteiger partial charge in [0, 0.05) is 5.69 Å². The van der Waals surface area contributed by atoms with Crippen LogP contribution in [0.1, 0.15) is 12.5 Å². The number of hydrogen-bond acceptors (Lipinski definition) is 3. The Hall–Kier alpha value is -2.69. The second kappa shape index (κ2) is 6.65. The minimum atomic E-state index is -0.418. The van der Waals surface area contributed by atoms with E-state index in [9.17, 15) is 9.90 Å². The number of rotatable bonds is 4. The zero-order chi connectivity index (χ0) is 15.2. The lowest BCUT2D eigenvalue weighted by molar-refractivity contribution is 0.262. The van der Waals surface area contributed by atoms with E-state index < -0.39 is 6.03 Å². The highest BCUT2D eigenvalue weighted by Gasteiger charge is 2.06. The van der Waals surface area contributed by atoms with E-state index in [1.807, 2.05) is 19.9 Å². The van der Waals surface area contributed by atoms with E-state index in [-0.39, 0.29) is 5.75 Å². The van der Waals surface area contributed by atoms with E-state index in [0.29, 0.717) is 18.0 Å². The number of benzene rings is 2. The fourth-order valence-electron chi connectivity index (χ4n) is 1.83. The molecule has 110 valence electrons. The summed E-state index contributed by atoms with van der Waals surface area (Å²) in [5.41, 5.74) is 1.93. The third-order valence-electron chi connectivity index (χ3n) is 2.82. The highest BCUT2D eigenvalue weighted by atomic mass is 16.5. The SMILES string of the molecule is CCOc1ccc(NC(=O)Nc2ccc(C)cc2O)cc1. The van der Waals surface area contributed by atoms with Crippen LogP contribution in [0.2, 0.25) is 0 Å². The van der Waals surface area contributed by atoms with E-state index >= 15 is 0 Å². The molecule has 0 heterocycles. The summed E-state index contributed by atoms with van der Waals surface area (Å²) in [6.07, 6.45) is 0. The number of amides is 2. The van der Waals surface area contributed by atoms with Crippen LogP contribution in [0.4, 0.5) is 16.2 Å². The summed E-state index contributed by atoms with van der Waals surface area (Å²) in [6.45, 7) is 4.37. The van der Waals surface area contributed by atoms with Gasteiger partial charge in [-0.15, -0.1) is 0 Å². The third-order valence-corrected chi connectivity index (χ3v) is 2.82. The first-order chi connectivity index (χ1) is 10.1. The predicted octanol–water partition coefficient (Wildman–Crippen LogP) is 3.74. The highest BCUT2D eigenvalue weighted by molar-refractivity contribution is 6.00. The maximum absolute atomic E-state index is 11.9. The number of carbonyl (C=O) groups is 1. The van der Waals surface area contributed by atoms with Crippen LogP contribution < -0.4 is 15.4 Å². The van der Waals surface area contributed by atoms with Gasteiger partial charge in [-0.05, 0) is 55.8 Å². The number of aryl methyl sites for hydroxylation is 1. The highest BCUT2D eigenvalue weighted by Crippen LogP contribution is 2.24. The van der Waals surface area contributed by atoms with E-state index in [2.05, 4.69) is 10.6 Å². The zero-order valence-corrected chi connectivity index (χ0v) is 12.0. The standard InChI is InChI=1S/C16H18N2O3/c1-3-21-13-7-5-12(6-8-13)17-16(20)18-14-9-4-11(2)10-15(14)19/h4-10,19H,3H2,1-2H3,(H2,17,18,20). The summed E-state index contributed by atoms with van der Waals surface area (Å²) in [7, 11) is 0. The van der Waals surface area contributed by atoms with Crippen LogP contribution >= 0.6 is 0 Å². The molecule has 0 spiro atoms. The summed E-state index contributed by atoms with van der Waals surface area (Å²) < 4.78 is 5.33. The predicted molar refractivity (Wildman–Crippen MR) is 83.1 cm³/mol. The molecule has 0 atom stereocenters. The van der Waals surface area contributed by atoms with Crippen molar-refractivity contribution in [3.63, 3.8) is 0 Å². The monoisotopic (exact) mass is 286 g/mol. The van der Waals surface area contributed by atoms with Gasteiger partial charge in [0.25, 0.3) is 0 Å². The molecule has 0 saturated carbocycles. The number of anilines is 2. The van der Waals surface area contributed by atoms with Gasteiger partial charge in [-0.2, -0.15) is 0 Å². The maximum Gasteiger partial charge on any atom is 0.323 e. The summed E-state index contributed by atoms with van der Waals surface area (Å²) in [6, 6.07) is 11.7. The van der Waals surface area contributed by atoms with Gasteiger partial charge >= 0.3 is 6.03 Å². The van der Waals surface area contributed by atoms with Gasteiger partial charge in [-0.3, -0.25) is 0 Å². The molecule has 0 radical (unpaired) electrons. The first-order valence-corrected chi connectivity index (χ1v) is 6.69. The molecule has 3 N–H and O–H groups in total. The van der Waals surface area contributed by atoms with Gasteiger partial charge in [0.2, 0.25) is 0 Å². The molecule has 0 fully saturated rings. The number of phenols is 1. The molecule has 0 unspecified atom stereocenters. The smallest absolute Gasteiger partial charge is 0.323 e. The van der Waals surface area contributed by atoms with Crippen molar-refractivity contribution in [1.29, 1.82) is 0 Å². The molecule has 0 saturated heterocycles. The Balaban J connectivity index is 1.98. The third kappa shape index (κ3) is 4.14. The van der Waals surface area contributed by atoms with Crippen LogP contribution in [0.5, 0.6) is 11.5 Å². The second-order valence-electron chi connectivity index (χ2n) is 4.56. The Bertz CT molecular complexity index is 624. The van der Waals surface area contributed by atoms with Crippen LogP contribution in [0.3, 0.4) is 0 Å². The number of aromatic hydroxyl groups is 1. The van der Waals surface area contributed by atoms with Crippen molar-refractivity contribution in [1.82, 2.24) is 0 Å². The summed E-state index contributed by atoms with van der Waals surface area (Å²) in [4.78, 5) is 11.9. The zero-order valence-electron chi connectivity index (χ0n) is 12.0. The van der Waals surface area contributed by atoms with Gasteiger partial charge in [0.05, 0.1) is 12.3 Å². The van der Waals surface area contributed by atoms with Crippen LogP contribution in [-0.4, -0.2) is 17.7 Å². The second-order valence-corrected chi connectivity index (χ2v) is 4.56. The van der Waals surface area contributed by atoms with Crippen LogP contribution in [-0.2, 0) is 0 Å². The Morgan fingerprint density at radius 1 is 1.14 bits per heavy atom. The molecule has 5 nitrogen and oxygen atoms in total. The molecule has 0 bridgehead atoms. The van der Waals surface area contributed by atoms with Crippen LogP contribution in [0, 0.1) is 6.92 Å². The molecule has 21 heavy (non-hydrogen) atoms. The number of nitrogens with one attached hydrogen (secondary N) is 2. The minimum Gasteiger partial charge on any atom is -0.506 e. The van der Waals surface area contributed by atoms with Crippen LogP contribution in [0.25, 0.3) is 0 Å². The fraction of sp³-hybridized carbons (Fsp3) is 0.188. The molecular weight excluding hydrogens is 268 g/mol. The molecule has 2 rings (SSSR count). The Labute approximate surface area is 123 Å². The van der Waals surface area contributed by atoms with Gasteiger partial charge in [0.15, 0.2) is 0 Å². The van der Waals surface area contributed by atoms with Crippen molar-refractivity contribution in [2.75, 3.05) is 17.2 Å². The lowest BCUT2D eigenvalue weighted by Crippen LogP contribution is -2.19. The van der Waals surface area contributed by atoms with E-state index in [4.69, 9.17) is 4.74 Å². The Kier molecular flexibility index (Phi) is 4.66. The Morgan fingerprint density at radius 3 is 2.48 bits per heavy atom. The number of hydrogen-bond donors (Lipinski definition) is 3. The molecule has 0 aromatic heterocycles. The van der Waals surface area contributed by atoms with E-state index in [1.54, 1.807) is 36.4 Å². The van der Waals surface area contributed by atoms with Gasteiger partial charge in [-0.25, -0.2) is 4.79 Å². The lowest BCUT2D eigenvalue weighted by Gasteiger charge is -2.10. The van der Waals surface area contributed by atoms with Crippen LogP contribution in [0.15, 0.2) is 42.5 Å². The normalized spacial score (nSPS) is 10.0. The number of phenolic OH excluding ortho intramolecular Hbond substituents is 1. The number of urea groups is 1. The molecule has 2 amide bonds. The first-order valence-electron chi connectivity index (χ1n) is 6.69. The molecule has 0 aliphatic carbocycles. The quantitative estimate of drug-likeness (QED) is 0.750. The molecule has 0 aliphatic rings. The average molecular weight is 286 g/mol. The van der Waals surface area contributed by atoms with E-state index in [0.717, 1.165) is 11.3 Å². The summed E-state index contributed by atoms with van der Waals surface area (Å²) >= 11 is 0. The lowest BCUT2D eigenvalue weighted by atomic mass is 10.2. The minimum absolute atomic E-state index is 0.0387. The topological polar surface area (TPSA) is 70.6 Å². The number of ether oxygens (including phenoxy) is 1. The number of carbonyl (C=O) groups excluding carboxylic acids is 1. The molecule has 5 heteroatoms. The van der Waals surface area contributed by atoms with Crippen molar-refractivity contribution in [2.24, 2.45) is 0 Å². The fourth-order valence-corrected chi connectivity index (χ4v) is 1.83. The first kappa shape index (κ1) is 14.7. The van der Waals surface area contributed by atoms with Gasteiger partial charge in [-0.1, -0.05) is 6.07 Å². The van der Waals surface area contributed by atoms with Crippen molar-refractivity contribution in [3.8, 4) is 11.5 Å². The molecule has 0 aliphatic heterocycles. The average Bonchev–Trinajstić information content (AvgIpc) is 2.44. The Morgan fingerprint density at radius 2 is 1.86 bits per heavy atom. The summed E-state index contributed by atoms with van der Waals surface area (Å²) in [5, 5.41) is 15.0. The van der Waals surface area contributed by atoms with Gasteiger partial charge < -0.3 is 20.5 Å². The van der Waals surface area contributed by atoms with Crippen molar-refractivity contribution < 1.29 is 14.6 Å². The molecule has 2 aromatic carbocycles. The van der Waals surface area contributed by atoms with Crippen molar-refractivity contribution in [3.05, 3.63) is 48.0 Å². The van der Waals surface area contributed by atoms with Crippen molar-refractivity contribution in [2.45, 2.75) is 13.8 Å². The van der Waals surface area contributed by atoms with Gasteiger partial charge in [0.1, 0.15) is 11.5 Å². The largest absolute Gasteiger partial charge is 0.506 e. The molecule has 2 aromatic rings. The summed E-state index contributed by atoms with van der Waals surface area (Å²) in [5.74, 6) is 0.788. The van der Waals surface area contributed by atoms with E-state index in [1.165, 1.54) is 0 Å². The van der Waals surface area contributed by atoms with Crippen molar-refractivity contribution >= 4 is 17.4 Å². The molecular formula is C16H18N2O3.